The van der Waals surface area contributed by atoms with Gasteiger partial charge in [-0.2, -0.15) is 0 Å². The van der Waals surface area contributed by atoms with E-state index in [0.29, 0.717) is 23.9 Å². The summed E-state index contributed by atoms with van der Waals surface area (Å²) in [5, 5.41) is 10.8. The molecule has 0 amide bonds. The van der Waals surface area contributed by atoms with Crippen molar-refractivity contribution in [2.24, 2.45) is 0 Å². The molecule has 1 aromatic carbocycles. The molecule has 0 aliphatic heterocycles. The van der Waals surface area contributed by atoms with E-state index in [-0.39, 0.29) is 5.82 Å². The van der Waals surface area contributed by atoms with E-state index < -0.39 is 0 Å². The number of hydrogen-bond acceptors (Lipinski definition) is 4. The average Bonchev–Trinajstić information content (AvgIpc) is 2.75. The van der Waals surface area contributed by atoms with Crippen LogP contribution in [0.3, 0.4) is 0 Å². The first kappa shape index (κ1) is 10.8. The Morgan fingerprint density at radius 2 is 2.25 bits per heavy atom. The highest BCUT2D eigenvalue weighted by atomic mass is 19.1. The molecule has 0 aliphatic rings. The molecule has 0 radical (unpaired) electrons. The quantitative estimate of drug-likeness (QED) is 0.857. The van der Waals surface area contributed by atoms with Crippen LogP contribution in [0.25, 0.3) is 11.5 Å². The molecule has 84 valence electrons. The second kappa shape index (κ2) is 4.85. The minimum Gasteiger partial charge on any atom is -0.419 e. The maximum Gasteiger partial charge on any atom is 0.247 e. The molecule has 1 aromatic heterocycles. The molecular formula is C11H12FN3O. The number of aromatic nitrogens is 2. The highest BCUT2D eigenvalue weighted by molar-refractivity contribution is 5.52. The second-order valence-electron chi connectivity index (χ2n) is 3.29. The number of halogens is 1. The number of nitrogens with zero attached hydrogens (tertiary/aromatic N) is 2. The van der Waals surface area contributed by atoms with Crippen molar-refractivity contribution in [2.75, 3.05) is 6.54 Å². The van der Waals surface area contributed by atoms with Gasteiger partial charge in [0.1, 0.15) is 5.82 Å². The zero-order chi connectivity index (χ0) is 11.4. The number of hydrogen-bond donors (Lipinski definition) is 1. The highest BCUT2D eigenvalue weighted by Crippen LogP contribution is 2.18. The summed E-state index contributed by atoms with van der Waals surface area (Å²) in [5.74, 6) is 0.525. The third-order valence-corrected chi connectivity index (χ3v) is 2.06. The van der Waals surface area contributed by atoms with Crippen LogP contribution in [-0.4, -0.2) is 16.7 Å². The van der Waals surface area contributed by atoms with E-state index in [4.69, 9.17) is 4.42 Å². The topological polar surface area (TPSA) is 51.0 Å². The van der Waals surface area contributed by atoms with Gasteiger partial charge in [-0.3, -0.25) is 0 Å². The average molecular weight is 221 g/mol. The second-order valence-corrected chi connectivity index (χ2v) is 3.29. The molecule has 0 unspecified atom stereocenters. The summed E-state index contributed by atoms with van der Waals surface area (Å²) >= 11 is 0. The lowest BCUT2D eigenvalue weighted by Crippen LogP contribution is -2.11. The molecule has 0 spiro atoms. The lowest BCUT2D eigenvalue weighted by atomic mass is 10.2. The molecule has 5 heteroatoms. The molecule has 2 aromatic rings. The molecule has 0 aliphatic carbocycles. The van der Waals surface area contributed by atoms with Gasteiger partial charge in [0.05, 0.1) is 6.54 Å². The van der Waals surface area contributed by atoms with Gasteiger partial charge in [-0.05, 0) is 24.7 Å². The Balaban J connectivity index is 2.18. The minimum absolute atomic E-state index is 0.316. The number of rotatable bonds is 4. The summed E-state index contributed by atoms with van der Waals surface area (Å²) in [4.78, 5) is 0. The molecule has 0 bridgehead atoms. The smallest absolute Gasteiger partial charge is 0.247 e. The third-order valence-electron chi connectivity index (χ3n) is 2.06. The van der Waals surface area contributed by atoms with Crippen molar-refractivity contribution in [3.63, 3.8) is 0 Å². The molecular weight excluding hydrogens is 209 g/mol. The first-order valence-electron chi connectivity index (χ1n) is 5.08. The summed E-state index contributed by atoms with van der Waals surface area (Å²) in [6, 6.07) is 6.08. The predicted octanol–water partition coefficient (Wildman–Crippen LogP) is 1.99. The Kier molecular flexibility index (Phi) is 3.26. The standard InChI is InChI=1S/C11H12FN3O/c1-2-13-7-10-14-15-11(16-10)8-4-3-5-9(12)6-8/h3-6,13H,2,7H2,1H3. The van der Waals surface area contributed by atoms with Gasteiger partial charge >= 0.3 is 0 Å². The van der Waals surface area contributed by atoms with Gasteiger partial charge in [0.15, 0.2) is 0 Å². The van der Waals surface area contributed by atoms with E-state index in [1.807, 2.05) is 6.92 Å². The summed E-state index contributed by atoms with van der Waals surface area (Å²) in [6.45, 7) is 3.35. The van der Waals surface area contributed by atoms with Gasteiger partial charge in [-0.25, -0.2) is 4.39 Å². The minimum atomic E-state index is -0.316. The zero-order valence-corrected chi connectivity index (χ0v) is 8.90. The Morgan fingerprint density at radius 1 is 1.38 bits per heavy atom. The third kappa shape index (κ3) is 2.43. The fourth-order valence-electron chi connectivity index (χ4n) is 1.30. The summed E-state index contributed by atoms with van der Waals surface area (Å²) in [5.41, 5.74) is 0.593. The SMILES string of the molecule is CCNCc1nnc(-c2cccc(F)c2)o1. The van der Waals surface area contributed by atoms with E-state index in [9.17, 15) is 4.39 Å². The van der Waals surface area contributed by atoms with Crippen LogP contribution in [0.5, 0.6) is 0 Å². The predicted molar refractivity (Wildman–Crippen MR) is 57.1 cm³/mol. The van der Waals surface area contributed by atoms with Crippen molar-refractivity contribution in [3.8, 4) is 11.5 Å². The summed E-state index contributed by atoms with van der Waals surface area (Å²) < 4.78 is 18.3. The first-order valence-corrected chi connectivity index (χ1v) is 5.08. The molecule has 4 nitrogen and oxygen atoms in total. The van der Waals surface area contributed by atoms with Crippen LogP contribution in [0.1, 0.15) is 12.8 Å². The Bertz CT molecular complexity index is 470. The molecule has 1 N–H and O–H groups in total. The first-order chi connectivity index (χ1) is 7.79. The van der Waals surface area contributed by atoms with Crippen molar-refractivity contribution in [2.45, 2.75) is 13.5 Å². The van der Waals surface area contributed by atoms with Gasteiger partial charge in [0, 0.05) is 5.56 Å². The fraction of sp³-hybridized carbons (Fsp3) is 0.273. The summed E-state index contributed by atoms with van der Waals surface area (Å²) in [6.07, 6.45) is 0. The Labute approximate surface area is 92.5 Å². The van der Waals surface area contributed by atoms with Crippen LogP contribution >= 0.6 is 0 Å². The monoisotopic (exact) mass is 221 g/mol. The number of nitrogens with one attached hydrogen (secondary N) is 1. The van der Waals surface area contributed by atoms with E-state index in [2.05, 4.69) is 15.5 Å². The van der Waals surface area contributed by atoms with Crippen molar-refractivity contribution in [1.82, 2.24) is 15.5 Å². The maximum atomic E-state index is 13.0. The van der Waals surface area contributed by atoms with Crippen molar-refractivity contribution >= 4 is 0 Å². The fourth-order valence-corrected chi connectivity index (χ4v) is 1.30. The molecule has 0 saturated carbocycles. The Morgan fingerprint density at radius 3 is 3.00 bits per heavy atom. The highest BCUT2D eigenvalue weighted by Gasteiger charge is 2.08. The lowest BCUT2D eigenvalue weighted by Gasteiger charge is -1.95. The maximum absolute atomic E-state index is 13.0. The van der Waals surface area contributed by atoms with Gasteiger partial charge < -0.3 is 9.73 Å². The molecule has 16 heavy (non-hydrogen) atoms. The lowest BCUT2D eigenvalue weighted by molar-refractivity contribution is 0.481. The molecule has 0 atom stereocenters. The van der Waals surface area contributed by atoms with E-state index in [1.54, 1.807) is 12.1 Å². The van der Waals surface area contributed by atoms with E-state index in [1.165, 1.54) is 12.1 Å². The van der Waals surface area contributed by atoms with Crippen LogP contribution in [0.4, 0.5) is 4.39 Å². The Hall–Kier alpha value is -1.75. The molecule has 2 rings (SSSR count). The largest absolute Gasteiger partial charge is 0.419 e. The van der Waals surface area contributed by atoms with E-state index in [0.717, 1.165) is 6.54 Å². The van der Waals surface area contributed by atoms with Crippen molar-refractivity contribution in [3.05, 3.63) is 36.0 Å². The van der Waals surface area contributed by atoms with E-state index >= 15 is 0 Å². The van der Waals surface area contributed by atoms with Crippen LogP contribution in [-0.2, 0) is 6.54 Å². The van der Waals surface area contributed by atoms with Crippen LogP contribution < -0.4 is 5.32 Å². The van der Waals surface area contributed by atoms with Gasteiger partial charge in [-0.15, -0.1) is 10.2 Å². The van der Waals surface area contributed by atoms with Gasteiger partial charge in [-0.1, -0.05) is 13.0 Å². The van der Waals surface area contributed by atoms with Gasteiger partial charge in [0.25, 0.3) is 0 Å². The number of benzene rings is 1. The van der Waals surface area contributed by atoms with Crippen LogP contribution in [0.2, 0.25) is 0 Å². The molecule has 1 heterocycles. The van der Waals surface area contributed by atoms with Gasteiger partial charge in [0.2, 0.25) is 11.8 Å². The zero-order valence-electron chi connectivity index (χ0n) is 8.90. The molecule has 0 saturated heterocycles. The van der Waals surface area contributed by atoms with Crippen molar-refractivity contribution in [1.29, 1.82) is 0 Å². The normalized spacial score (nSPS) is 10.6. The van der Waals surface area contributed by atoms with Crippen LogP contribution in [0, 0.1) is 5.82 Å². The molecule has 0 fully saturated rings. The summed E-state index contributed by atoms with van der Waals surface area (Å²) in [7, 11) is 0. The van der Waals surface area contributed by atoms with Crippen molar-refractivity contribution < 1.29 is 8.81 Å². The van der Waals surface area contributed by atoms with Crippen LogP contribution in [0.15, 0.2) is 28.7 Å².